The summed E-state index contributed by atoms with van der Waals surface area (Å²) in [7, 11) is 0. The first-order valence-electron chi connectivity index (χ1n) is 5.12. The maximum absolute atomic E-state index is 13.2. The smallest absolute Gasteiger partial charge is 0.326 e. The molecule has 1 amide bonds. The molecule has 0 radical (unpaired) electrons. The summed E-state index contributed by atoms with van der Waals surface area (Å²) in [6.45, 7) is 0. The zero-order valence-corrected chi connectivity index (χ0v) is 11.2. The molecule has 1 atom stereocenters. The minimum atomic E-state index is -1.66. The molecule has 0 aliphatic carbocycles. The van der Waals surface area contributed by atoms with Gasteiger partial charge < -0.3 is 15.5 Å². The van der Waals surface area contributed by atoms with Crippen LogP contribution in [0.4, 0.5) is 4.39 Å². The zero-order valence-electron chi connectivity index (χ0n) is 9.69. The van der Waals surface area contributed by atoms with Crippen LogP contribution in [0, 0.1) is 5.82 Å². The summed E-state index contributed by atoms with van der Waals surface area (Å²) >= 11 is 11.1. The molecule has 1 rings (SSSR count). The average molecular weight is 324 g/mol. The van der Waals surface area contributed by atoms with Gasteiger partial charge in [0.05, 0.1) is 22.0 Å². The first-order chi connectivity index (χ1) is 9.22. The van der Waals surface area contributed by atoms with Crippen LogP contribution in [0.15, 0.2) is 12.1 Å². The Morgan fingerprint density at radius 1 is 1.20 bits per heavy atom. The minimum Gasteiger partial charge on any atom is -0.481 e. The Morgan fingerprint density at radius 3 is 2.30 bits per heavy atom. The third-order valence-electron chi connectivity index (χ3n) is 2.24. The number of carbonyl (C=O) groups excluding carboxylic acids is 1. The summed E-state index contributed by atoms with van der Waals surface area (Å²) in [5.41, 5.74) is -0.342. The van der Waals surface area contributed by atoms with Crippen LogP contribution in [0.25, 0.3) is 0 Å². The Bertz CT molecular complexity index is 578. The van der Waals surface area contributed by atoms with E-state index in [1.807, 2.05) is 5.32 Å². The van der Waals surface area contributed by atoms with Crippen molar-refractivity contribution in [2.45, 2.75) is 12.5 Å². The van der Waals surface area contributed by atoms with Crippen molar-refractivity contribution >= 4 is 41.0 Å². The van der Waals surface area contributed by atoms with E-state index < -0.39 is 36.1 Å². The van der Waals surface area contributed by atoms with Crippen LogP contribution < -0.4 is 5.32 Å². The normalized spacial score (nSPS) is 11.8. The lowest BCUT2D eigenvalue weighted by Gasteiger charge is -2.13. The topological polar surface area (TPSA) is 104 Å². The van der Waals surface area contributed by atoms with Crippen LogP contribution >= 0.6 is 23.2 Å². The van der Waals surface area contributed by atoms with Crippen molar-refractivity contribution in [2.75, 3.05) is 0 Å². The summed E-state index contributed by atoms with van der Waals surface area (Å²) < 4.78 is 13.2. The molecule has 0 spiro atoms. The van der Waals surface area contributed by atoms with Gasteiger partial charge in [-0.15, -0.1) is 0 Å². The molecule has 1 aromatic rings. The van der Waals surface area contributed by atoms with Crippen molar-refractivity contribution < 1.29 is 29.0 Å². The van der Waals surface area contributed by atoms with Crippen LogP contribution in [0.3, 0.4) is 0 Å². The average Bonchev–Trinajstić information content (AvgIpc) is 2.32. The number of carboxylic acid groups (broad SMARTS) is 2. The molecule has 1 unspecified atom stereocenters. The van der Waals surface area contributed by atoms with E-state index >= 15 is 0 Å². The van der Waals surface area contributed by atoms with Gasteiger partial charge in [0.25, 0.3) is 5.91 Å². The van der Waals surface area contributed by atoms with Crippen LogP contribution in [0.5, 0.6) is 0 Å². The molecule has 9 heteroatoms. The molecular formula is C11H8Cl2FNO5. The monoisotopic (exact) mass is 323 g/mol. The van der Waals surface area contributed by atoms with Gasteiger partial charge in [0, 0.05) is 0 Å². The van der Waals surface area contributed by atoms with Crippen molar-refractivity contribution in [2.24, 2.45) is 0 Å². The van der Waals surface area contributed by atoms with E-state index in [-0.39, 0.29) is 15.6 Å². The number of nitrogens with one attached hydrogen (secondary N) is 1. The molecule has 0 aliphatic rings. The van der Waals surface area contributed by atoms with Crippen LogP contribution in [-0.4, -0.2) is 34.1 Å². The first-order valence-corrected chi connectivity index (χ1v) is 5.88. The number of benzene rings is 1. The summed E-state index contributed by atoms with van der Waals surface area (Å²) in [6, 6.07) is 0.0646. The predicted octanol–water partition coefficient (Wildman–Crippen LogP) is 1.79. The zero-order chi connectivity index (χ0) is 15.4. The number of hydrogen-bond acceptors (Lipinski definition) is 3. The van der Waals surface area contributed by atoms with Gasteiger partial charge in [-0.2, -0.15) is 0 Å². The van der Waals surface area contributed by atoms with E-state index in [0.717, 1.165) is 12.1 Å². The second-order valence-corrected chi connectivity index (χ2v) is 4.52. The predicted molar refractivity (Wildman–Crippen MR) is 67.6 cm³/mol. The van der Waals surface area contributed by atoms with Crippen molar-refractivity contribution in [1.82, 2.24) is 5.32 Å². The maximum atomic E-state index is 13.2. The van der Waals surface area contributed by atoms with E-state index in [9.17, 15) is 18.8 Å². The van der Waals surface area contributed by atoms with E-state index in [2.05, 4.69) is 0 Å². The van der Waals surface area contributed by atoms with Gasteiger partial charge in [-0.3, -0.25) is 9.59 Å². The second kappa shape index (κ2) is 6.53. The Hall–Kier alpha value is -1.86. The van der Waals surface area contributed by atoms with E-state index in [1.54, 1.807) is 0 Å². The fraction of sp³-hybridized carbons (Fsp3) is 0.182. The fourth-order valence-electron chi connectivity index (χ4n) is 1.31. The summed E-state index contributed by atoms with van der Waals surface area (Å²) in [4.78, 5) is 33.0. The van der Waals surface area contributed by atoms with Crippen molar-refractivity contribution in [3.05, 3.63) is 33.6 Å². The van der Waals surface area contributed by atoms with Crippen molar-refractivity contribution in [3.8, 4) is 0 Å². The van der Waals surface area contributed by atoms with E-state index in [4.69, 9.17) is 33.4 Å². The highest BCUT2D eigenvalue weighted by Gasteiger charge is 2.25. The molecule has 1 aromatic carbocycles. The second-order valence-electron chi connectivity index (χ2n) is 3.71. The number of halogens is 3. The number of amides is 1. The SMILES string of the molecule is O=C(O)CC(NC(=O)c1cc(F)c(Cl)cc1Cl)C(=O)O. The highest BCUT2D eigenvalue weighted by atomic mass is 35.5. The highest BCUT2D eigenvalue weighted by Crippen LogP contribution is 2.24. The minimum absolute atomic E-state index is 0.187. The Labute approximate surface area is 122 Å². The molecule has 0 aromatic heterocycles. The highest BCUT2D eigenvalue weighted by molar-refractivity contribution is 6.36. The van der Waals surface area contributed by atoms with Gasteiger partial charge in [0.1, 0.15) is 11.9 Å². The molecule has 0 fully saturated rings. The molecule has 108 valence electrons. The number of aliphatic carboxylic acids is 2. The van der Waals surface area contributed by atoms with Crippen LogP contribution in [-0.2, 0) is 9.59 Å². The molecule has 6 nitrogen and oxygen atoms in total. The fourth-order valence-corrected chi connectivity index (χ4v) is 1.78. The van der Waals surface area contributed by atoms with Gasteiger partial charge in [-0.25, -0.2) is 9.18 Å². The Balaban J connectivity index is 2.97. The summed E-state index contributed by atoms with van der Waals surface area (Å²) in [6.07, 6.45) is -0.825. The first kappa shape index (κ1) is 16.2. The number of carbonyl (C=O) groups is 3. The van der Waals surface area contributed by atoms with Gasteiger partial charge in [-0.1, -0.05) is 23.2 Å². The van der Waals surface area contributed by atoms with Crippen molar-refractivity contribution in [1.29, 1.82) is 0 Å². The molecule has 0 heterocycles. The van der Waals surface area contributed by atoms with Gasteiger partial charge in [0.15, 0.2) is 0 Å². The van der Waals surface area contributed by atoms with Gasteiger partial charge in [0.2, 0.25) is 0 Å². The van der Waals surface area contributed by atoms with Crippen molar-refractivity contribution in [3.63, 3.8) is 0 Å². The summed E-state index contributed by atoms with van der Waals surface area (Å²) in [5, 5.41) is 18.8. The Kier molecular flexibility index (Phi) is 5.29. The molecule has 0 saturated carbocycles. The summed E-state index contributed by atoms with van der Waals surface area (Å²) in [5.74, 6) is -4.87. The lowest BCUT2D eigenvalue weighted by molar-refractivity contribution is -0.145. The number of hydrogen-bond donors (Lipinski definition) is 3. The third-order valence-corrected chi connectivity index (χ3v) is 2.84. The lowest BCUT2D eigenvalue weighted by Crippen LogP contribution is -2.42. The molecule has 20 heavy (non-hydrogen) atoms. The number of carboxylic acids is 2. The Morgan fingerprint density at radius 2 is 1.80 bits per heavy atom. The van der Waals surface area contributed by atoms with Crippen LogP contribution in [0.2, 0.25) is 10.0 Å². The van der Waals surface area contributed by atoms with Gasteiger partial charge >= 0.3 is 11.9 Å². The molecule has 0 bridgehead atoms. The number of rotatable bonds is 5. The standard InChI is InChI=1S/C11H8Cl2FNO5/c12-5-2-6(13)7(14)1-4(5)10(18)15-8(11(19)20)3-9(16)17/h1-2,8H,3H2,(H,15,18)(H,16,17)(H,19,20). The quantitative estimate of drug-likeness (QED) is 0.717. The molecular weight excluding hydrogens is 316 g/mol. The largest absolute Gasteiger partial charge is 0.481 e. The molecule has 0 aliphatic heterocycles. The van der Waals surface area contributed by atoms with Crippen LogP contribution in [0.1, 0.15) is 16.8 Å². The third kappa shape index (κ3) is 4.07. The van der Waals surface area contributed by atoms with E-state index in [0.29, 0.717) is 0 Å². The van der Waals surface area contributed by atoms with Gasteiger partial charge in [-0.05, 0) is 12.1 Å². The molecule has 3 N–H and O–H groups in total. The molecule has 0 saturated heterocycles. The maximum Gasteiger partial charge on any atom is 0.326 e. The van der Waals surface area contributed by atoms with E-state index in [1.165, 1.54) is 0 Å². The lowest BCUT2D eigenvalue weighted by atomic mass is 10.1.